The van der Waals surface area contributed by atoms with Crippen molar-refractivity contribution in [3.05, 3.63) is 34.8 Å². The second kappa shape index (κ2) is 3.12. The zero-order valence-electron chi connectivity index (χ0n) is 5.73. The molecule has 0 spiro atoms. The van der Waals surface area contributed by atoms with Gasteiger partial charge in [-0.1, -0.05) is 0 Å². The Kier molecular flexibility index (Phi) is 2.18. The highest BCUT2D eigenvalue weighted by Crippen LogP contribution is 1.93. The average molecular weight is 153 g/mol. The Balaban J connectivity index is 3.20. The second-order valence-electron chi connectivity index (χ2n) is 2.01. The monoisotopic (exact) mass is 153 g/mol. The predicted octanol–water partition coefficient (Wildman–Crippen LogP) is -0.375. The van der Waals surface area contributed by atoms with Crippen LogP contribution >= 0.6 is 0 Å². The van der Waals surface area contributed by atoms with Crippen LogP contribution in [0.3, 0.4) is 0 Å². The molecule has 0 aliphatic carbocycles. The molecule has 4 nitrogen and oxygen atoms in total. The van der Waals surface area contributed by atoms with Crippen LogP contribution in [0.4, 0.5) is 0 Å². The van der Waals surface area contributed by atoms with Crippen molar-refractivity contribution >= 4 is 6.29 Å². The van der Waals surface area contributed by atoms with Gasteiger partial charge in [-0.2, -0.15) is 4.73 Å². The Morgan fingerprint density at radius 3 is 2.91 bits per heavy atom. The van der Waals surface area contributed by atoms with E-state index in [-0.39, 0.29) is 18.0 Å². The molecule has 0 radical (unpaired) electrons. The number of aromatic nitrogens is 1. The van der Waals surface area contributed by atoms with Gasteiger partial charge in [-0.3, -0.25) is 4.79 Å². The number of carbonyl (C=O) groups excluding carboxylic acids is 1. The highest BCUT2D eigenvalue weighted by molar-refractivity contribution is 5.69. The number of aldehydes is 1. The number of rotatable bonds is 2. The average Bonchev–Trinajstić information content (AvgIpc) is 2.05. The highest BCUT2D eigenvalue weighted by Gasteiger charge is 2.07. The molecule has 1 N–H and O–H groups in total. The van der Waals surface area contributed by atoms with Gasteiger partial charge in [0, 0.05) is 12.1 Å². The summed E-state index contributed by atoms with van der Waals surface area (Å²) in [5.74, 6) is 0. The van der Waals surface area contributed by atoms with Crippen LogP contribution in [0.5, 0.6) is 0 Å². The van der Waals surface area contributed by atoms with E-state index in [4.69, 9.17) is 5.11 Å². The topological polar surface area (TPSA) is 64.2 Å². The van der Waals surface area contributed by atoms with Crippen molar-refractivity contribution in [1.29, 1.82) is 0 Å². The van der Waals surface area contributed by atoms with Crippen LogP contribution in [-0.2, 0) is 6.61 Å². The number of hydrogen-bond acceptors (Lipinski definition) is 3. The molecule has 1 rings (SSSR count). The summed E-state index contributed by atoms with van der Waals surface area (Å²) in [6, 6.07) is 4.39. The summed E-state index contributed by atoms with van der Waals surface area (Å²) in [6.45, 7) is -0.356. The first kappa shape index (κ1) is 7.68. The minimum Gasteiger partial charge on any atom is -0.618 e. The molecule has 1 heterocycles. The van der Waals surface area contributed by atoms with Crippen LogP contribution in [0.2, 0.25) is 0 Å². The highest BCUT2D eigenvalue weighted by atomic mass is 16.5. The Bertz CT molecular complexity index is 272. The Morgan fingerprint density at radius 2 is 2.36 bits per heavy atom. The second-order valence-corrected chi connectivity index (χ2v) is 2.01. The van der Waals surface area contributed by atoms with E-state index in [0.29, 0.717) is 11.0 Å². The lowest BCUT2D eigenvalue weighted by Crippen LogP contribution is -2.36. The lowest BCUT2D eigenvalue weighted by molar-refractivity contribution is -0.617. The molecule has 0 atom stereocenters. The number of nitrogens with zero attached hydrogens (tertiary/aromatic N) is 1. The van der Waals surface area contributed by atoms with Crippen molar-refractivity contribution in [2.24, 2.45) is 0 Å². The molecule has 58 valence electrons. The van der Waals surface area contributed by atoms with E-state index < -0.39 is 0 Å². The van der Waals surface area contributed by atoms with Gasteiger partial charge in [-0.05, 0) is 6.07 Å². The summed E-state index contributed by atoms with van der Waals surface area (Å²) in [5.41, 5.74) is 0.186. The van der Waals surface area contributed by atoms with Crippen LogP contribution in [-0.4, -0.2) is 11.4 Å². The van der Waals surface area contributed by atoms with Gasteiger partial charge in [-0.25, -0.2) is 0 Å². The number of carbonyl (C=O) groups is 1. The van der Waals surface area contributed by atoms with Gasteiger partial charge in [-0.15, -0.1) is 0 Å². The molecule has 0 aliphatic heterocycles. The normalized spacial score (nSPS) is 9.55. The molecule has 1 aromatic heterocycles. The molecule has 0 aromatic carbocycles. The van der Waals surface area contributed by atoms with Crippen LogP contribution in [0.1, 0.15) is 16.2 Å². The van der Waals surface area contributed by atoms with E-state index in [1.54, 1.807) is 6.07 Å². The lowest BCUT2D eigenvalue weighted by atomic mass is 10.3. The van der Waals surface area contributed by atoms with Gasteiger partial charge in [0.05, 0.1) is 0 Å². The van der Waals surface area contributed by atoms with Crippen molar-refractivity contribution in [2.45, 2.75) is 6.61 Å². The molecule has 0 unspecified atom stereocenters. The van der Waals surface area contributed by atoms with Crippen LogP contribution in [0.25, 0.3) is 0 Å². The fraction of sp³-hybridized carbons (Fsp3) is 0.143. The van der Waals surface area contributed by atoms with E-state index in [1.165, 1.54) is 12.1 Å². The summed E-state index contributed by atoms with van der Waals surface area (Å²) in [6.07, 6.45) is 0.451. The smallest absolute Gasteiger partial charge is 0.256 e. The van der Waals surface area contributed by atoms with E-state index in [1.807, 2.05) is 0 Å². The van der Waals surface area contributed by atoms with E-state index in [9.17, 15) is 10.0 Å². The zero-order valence-corrected chi connectivity index (χ0v) is 5.73. The molecule has 0 amide bonds. The van der Waals surface area contributed by atoms with Crippen molar-refractivity contribution < 1.29 is 14.6 Å². The largest absolute Gasteiger partial charge is 0.618 e. The third kappa shape index (κ3) is 1.35. The van der Waals surface area contributed by atoms with Crippen LogP contribution < -0.4 is 4.73 Å². The Labute approximate surface area is 63.3 Å². The van der Waals surface area contributed by atoms with Crippen molar-refractivity contribution in [3.8, 4) is 0 Å². The van der Waals surface area contributed by atoms with Crippen LogP contribution in [0, 0.1) is 5.21 Å². The van der Waals surface area contributed by atoms with Gasteiger partial charge in [0.15, 0.2) is 0 Å². The van der Waals surface area contributed by atoms with E-state index in [0.717, 1.165) is 0 Å². The number of hydrogen-bond donors (Lipinski definition) is 1. The zero-order chi connectivity index (χ0) is 8.27. The van der Waals surface area contributed by atoms with Crippen LogP contribution in [0.15, 0.2) is 18.2 Å². The first-order valence-corrected chi connectivity index (χ1v) is 3.07. The maximum atomic E-state index is 11.0. The van der Waals surface area contributed by atoms with Gasteiger partial charge < -0.3 is 10.3 Å². The van der Waals surface area contributed by atoms with Gasteiger partial charge in [0.2, 0.25) is 12.0 Å². The summed E-state index contributed by atoms with van der Waals surface area (Å²) >= 11 is 0. The third-order valence-electron chi connectivity index (χ3n) is 1.33. The van der Waals surface area contributed by atoms with Gasteiger partial charge in [0.25, 0.3) is 5.69 Å². The van der Waals surface area contributed by atoms with Gasteiger partial charge in [0.1, 0.15) is 6.61 Å². The minimum absolute atomic E-state index is 0.0107. The molecule has 1 aromatic rings. The van der Waals surface area contributed by atoms with Crippen molar-refractivity contribution in [3.63, 3.8) is 0 Å². The quantitative estimate of drug-likeness (QED) is 0.358. The third-order valence-corrected chi connectivity index (χ3v) is 1.33. The molecule has 11 heavy (non-hydrogen) atoms. The molecule has 0 bridgehead atoms. The fourth-order valence-electron chi connectivity index (χ4n) is 0.763. The molecule has 0 saturated carbocycles. The first-order chi connectivity index (χ1) is 5.29. The summed E-state index contributed by atoms with van der Waals surface area (Å²) in [7, 11) is 0. The van der Waals surface area contributed by atoms with E-state index >= 15 is 0 Å². The maximum Gasteiger partial charge on any atom is 0.256 e. The standard InChI is InChI=1S/C7H7NO3/c9-4-6-2-1-3-7(5-10)8(6)11/h1-4,10H,5H2. The van der Waals surface area contributed by atoms with E-state index in [2.05, 4.69) is 0 Å². The SMILES string of the molecule is O=Cc1cccc(CO)[n+]1[O-]. The number of aliphatic hydroxyl groups is 1. The van der Waals surface area contributed by atoms with Crippen molar-refractivity contribution in [2.75, 3.05) is 0 Å². The minimum atomic E-state index is -0.356. The molecule has 4 heteroatoms. The Morgan fingerprint density at radius 1 is 1.64 bits per heavy atom. The summed E-state index contributed by atoms with van der Waals surface area (Å²) in [4.78, 5) is 10.2. The molecular weight excluding hydrogens is 146 g/mol. The number of aliphatic hydroxyl groups excluding tert-OH is 1. The molecular formula is C7H7NO3. The summed E-state index contributed by atoms with van der Waals surface area (Å²) in [5, 5.41) is 19.6. The first-order valence-electron chi connectivity index (χ1n) is 3.07. The maximum absolute atomic E-state index is 11.0. The van der Waals surface area contributed by atoms with Crippen molar-refractivity contribution in [1.82, 2.24) is 0 Å². The molecule has 0 fully saturated rings. The predicted molar refractivity (Wildman–Crippen MR) is 36.7 cm³/mol. The molecule has 0 saturated heterocycles. The lowest BCUT2D eigenvalue weighted by Gasteiger charge is -2.02. The summed E-state index contributed by atoms with van der Waals surface area (Å²) < 4.78 is 0.410. The van der Waals surface area contributed by atoms with Gasteiger partial charge >= 0.3 is 0 Å². The number of pyridine rings is 1. The Hall–Kier alpha value is -1.42. The fourth-order valence-corrected chi connectivity index (χ4v) is 0.763. The molecule has 0 aliphatic rings.